The fraction of sp³-hybridized carbons (Fsp3) is 0.636. The van der Waals surface area contributed by atoms with Crippen LogP contribution in [0.2, 0.25) is 0 Å². The molecule has 1 aromatic rings. The highest BCUT2D eigenvalue weighted by Crippen LogP contribution is 2.15. The van der Waals surface area contributed by atoms with Crippen LogP contribution < -0.4 is 5.32 Å². The van der Waals surface area contributed by atoms with Gasteiger partial charge in [-0.25, -0.2) is 0 Å². The Balaban J connectivity index is 2.27. The van der Waals surface area contributed by atoms with E-state index in [4.69, 9.17) is 0 Å². The van der Waals surface area contributed by atoms with E-state index in [-0.39, 0.29) is 18.9 Å². The molecule has 1 amide bonds. The molecular formula is C11H16F3N3O2. The van der Waals surface area contributed by atoms with Crippen molar-refractivity contribution in [3.05, 3.63) is 11.8 Å². The maximum atomic E-state index is 11.8. The van der Waals surface area contributed by atoms with Gasteiger partial charge in [0, 0.05) is 11.8 Å². The van der Waals surface area contributed by atoms with E-state index >= 15 is 0 Å². The predicted molar refractivity (Wildman–Crippen MR) is 62.8 cm³/mol. The molecule has 108 valence electrons. The van der Waals surface area contributed by atoms with E-state index < -0.39 is 18.7 Å². The number of alkyl halides is 3. The molecule has 0 aromatic carbocycles. The molecule has 2 N–H and O–H groups in total. The molecule has 0 saturated carbocycles. The monoisotopic (exact) mass is 279 g/mol. The summed E-state index contributed by atoms with van der Waals surface area (Å²) in [4.78, 5) is 11.4. The Morgan fingerprint density at radius 3 is 2.74 bits per heavy atom. The van der Waals surface area contributed by atoms with Crippen LogP contribution in [-0.4, -0.2) is 35.5 Å². The average Bonchev–Trinajstić information content (AvgIpc) is 2.71. The first-order chi connectivity index (χ1) is 8.78. The van der Waals surface area contributed by atoms with Crippen LogP contribution in [0.5, 0.6) is 0 Å². The summed E-state index contributed by atoms with van der Waals surface area (Å²) in [7, 11) is 0. The summed E-state index contributed by atoms with van der Waals surface area (Å²) in [6, 6.07) is 1.68. The summed E-state index contributed by atoms with van der Waals surface area (Å²) < 4.78 is 39.6. The zero-order chi connectivity index (χ0) is 14.5. The molecule has 1 aromatic heterocycles. The van der Waals surface area contributed by atoms with Gasteiger partial charge in [0.05, 0.1) is 13.0 Å². The first-order valence-corrected chi connectivity index (χ1v) is 5.77. The van der Waals surface area contributed by atoms with Crippen LogP contribution in [0.15, 0.2) is 6.07 Å². The summed E-state index contributed by atoms with van der Waals surface area (Å²) >= 11 is 0. The number of carbonyl (C=O) groups is 1. The Hall–Kier alpha value is -1.57. The molecule has 0 bridgehead atoms. The van der Waals surface area contributed by atoms with Gasteiger partial charge >= 0.3 is 6.18 Å². The van der Waals surface area contributed by atoms with Gasteiger partial charge in [0.25, 0.3) is 0 Å². The lowest BCUT2D eigenvalue weighted by Gasteiger charge is -2.07. The van der Waals surface area contributed by atoms with Crippen molar-refractivity contribution in [1.29, 1.82) is 0 Å². The van der Waals surface area contributed by atoms with Crippen LogP contribution in [0.1, 0.15) is 31.9 Å². The van der Waals surface area contributed by atoms with E-state index in [0.29, 0.717) is 5.82 Å². The fourth-order valence-electron chi connectivity index (χ4n) is 1.25. The zero-order valence-corrected chi connectivity index (χ0v) is 10.7. The van der Waals surface area contributed by atoms with E-state index in [1.165, 1.54) is 0 Å². The SMILES string of the molecule is CC(C)c1cc(NC(=O)CCOCC(F)(F)F)n[nH]1. The van der Waals surface area contributed by atoms with Crippen molar-refractivity contribution >= 4 is 11.7 Å². The third-order valence-electron chi connectivity index (χ3n) is 2.23. The van der Waals surface area contributed by atoms with E-state index in [1.54, 1.807) is 6.07 Å². The van der Waals surface area contributed by atoms with Crippen LogP contribution in [0.25, 0.3) is 0 Å². The number of rotatable bonds is 6. The van der Waals surface area contributed by atoms with Gasteiger partial charge in [-0.05, 0) is 5.92 Å². The van der Waals surface area contributed by atoms with Crippen molar-refractivity contribution in [1.82, 2.24) is 10.2 Å². The molecule has 0 aliphatic heterocycles. The van der Waals surface area contributed by atoms with E-state index in [9.17, 15) is 18.0 Å². The third kappa shape index (κ3) is 6.23. The van der Waals surface area contributed by atoms with Crippen molar-refractivity contribution in [2.75, 3.05) is 18.5 Å². The molecule has 0 fully saturated rings. The number of anilines is 1. The number of carbonyl (C=O) groups excluding carboxylic acids is 1. The molecule has 19 heavy (non-hydrogen) atoms. The molecule has 8 heteroatoms. The lowest BCUT2D eigenvalue weighted by molar-refractivity contribution is -0.174. The number of halogens is 3. The number of nitrogens with one attached hydrogen (secondary N) is 2. The molecule has 0 saturated heterocycles. The van der Waals surface area contributed by atoms with Gasteiger partial charge < -0.3 is 10.1 Å². The normalized spacial score (nSPS) is 11.9. The summed E-state index contributed by atoms with van der Waals surface area (Å²) in [6.07, 6.45) is -4.52. The van der Waals surface area contributed by atoms with E-state index in [2.05, 4.69) is 20.3 Å². The second-order valence-corrected chi connectivity index (χ2v) is 4.33. The first-order valence-electron chi connectivity index (χ1n) is 5.77. The quantitative estimate of drug-likeness (QED) is 0.786. The number of ether oxygens (including phenoxy) is 1. The molecule has 0 unspecified atom stereocenters. The average molecular weight is 279 g/mol. The maximum absolute atomic E-state index is 11.8. The van der Waals surface area contributed by atoms with Gasteiger partial charge in [-0.15, -0.1) is 0 Å². The molecule has 5 nitrogen and oxygen atoms in total. The Labute approximate surface area is 108 Å². The maximum Gasteiger partial charge on any atom is 0.411 e. The van der Waals surface area contributed by atoms with E-state index in [1.807, 2.05) is 13.8 Å². The Bertz CT molecular complexity index is 416. The molecule has 0 aliphatic carbocycles. The molecule has 1 heterocycles. The number of hydrogen-bond acceptors (Lipinski definition) is 3. The minimum atomic E-state index is -4.37. The first kappa shape index (κ1) is 15.5. The van der Waals surface area contributed by atoms with Crippen LogP contribution in [0, 0.1) is 0 Å². The predicted octanol–water partition coefficient (Wildman–Crippen LogP) is 2.44. The number of H-pyrrole nitrogens is 1. The number of nitrogens with zero attached hydrogens (tertiary/aromatic N) is 1. The Kier molecular flexibility index (Phi) is 5.34. The van der Waals surface area contributed by atoms with E-state index in [0.717, 1.165) is 5.69 Å². The largest absolute Gasteiger partial charge is 0.411 e. The molecule has 0 atom stereocenters. The highest BCUT2D eigenvalue weighted by molar-refractivity contribution is 5.89. The zero-order valence-electron chi connectivity index (χ0n) is 10.7. The van der Waals surface area contributed by atoms with Crippen LogP contribution in [-0.2, 0) is 9.53 Å². The minimum Gasteiger partial charge on any atom is -0.372 e. The highest BCUT2D eigenvalue weighted by Gasteiger charge is 2.27. The van der Waals surface area contributed by atoms with Crippen molar-refractivity contribution in [2.45, 2.75) is 32.4 Å². The summed E-state index contributed by atoms with van der Waals surface area (Å²) in [5.41, 5.74) is 0.864. The topological polar surface area (TPSA) is 67.0 Å². The third-order valence-corrected chi connectivity index (χ3v) is 2.23. The fourth-order valence-corrected chi connectivity index (χ4v) is 1.25. The van der Waals surface area contributed by atoms with Crippen LogP contribution in [0.4, 0.5) is 19.0 Å². The molecular weight excluding hydrogens is 263 g/mol. The number of hydrogen-bond donors (Lipinski definition) is 2. The molecule has 0 radical (unpaired) electrons. The van der Waals surface area contributed by atoms with Gasteiger partial charge in [0.1, 0.15) is 6.61 Å². The smallest absolute Gasteiger partial charge is 0.372 e. The minimum absolute atomic E-state index is 0.153. The lowest BCUT2D eigenvalue weighted by atomic mass is 10.1. The van der Waals surface area contributed by atoms with Crippen molar-refractivity contribution in [3.63, 3.8) is 0 Å². The van der Waals surface area contributed by atoms with Gasteiger partial charge in [0.15, 0.2) is 5.82 Å². The Morgan fingerprint density at radius 1 is 1.53 bits per heavy atom. The standard InChI is InChI=1S/C11H16F3N3O2/c1-7(2)8-5-9(17-16-8)15-10(18)3-4-19-6-11(12,13)14/h5,7H,3-4,6H2,1-2H3,(H2,15,16,17,18). The number of amides is 1. The number of aromatic nitrogens is 2. The lowest BCUT2D eigenvalue weighted by Crippen LogP contribution is -2.20. The van der Waals surface area contributed by atoms with Crippen molar-refractivity contribution in [3.8, 4) is 0 Å². The van der Waals surface area contributed by atoms with Gasteiger partial charge in [0.2, 0.25) is 5.91 Å². The van der Waals surface area contributed by atoms with Gasteiger partial charge in [-0.1, -0.05) is 13.8 Å². The van der Waals surface area contributed by atoms with Gasteiger partial charge in [-0.2, -0.15) is 18.3 Å². The Morgan fingerprint density at radius 2 is 2.21 bits per heavy atom. The van der Waals surface area contributed by atoms with Crippen LogP contribution >= 0.6 is 0 Å². The van der Waals surface area contributed by atoms with Crippen molar-refractivity contribution in [2.24, 2.45) is 0 Å². The van der Waals surface area contributed by atoms with Crippen LogP contribution in [0.3, 0.4) is 0 Å². The van der Waals surface area contributed by atoms with Crippen molar-refractivity contribution < 1.29 is 22.7 Å². The molecule has 0 aliphatic rings. The highest BCUT2D eigenvalue weighted by atomic mass is 19.4. The number of aromatic amines is 1. The second kappa shape index (κ2) is 6.55. The summed E-state index contributed by atoms with van der Waals surface area (Å²) in [5.74, 6) is 0.154. The molecule has 0 spiro atoms. The summed E-state index contributed by atoms with van der Waals surface area (Å²) in [6.45, 7) is 2.29. The molecule has 1 rings (SSSR count). The second-order valence-electron chi connectivity index (χ2n) is 4.33. The summed E-state index contributed by atoms with van der Waals surface area (Å²) in [5, 5.41) is 9.09. The van der Waals surface area contributed by atoms with Gasteiger partial charge in [-0.3, -0.25) is 9.89 Å².